The highest BCUT2D eigenvalue weighted by molar-refractivity contribution is 9.10. The molecule has 3 fully saturated rings. The maximum atomic E-state index is 14.3. The number of piperazine rings is 1. The first-order chi connectivity index (χ1) is 30.7. The number of carbonyl (C=O) groups is 5. The van der Waals surface area contributed by atoms with Crippen LogP contribution in [-0.4, -0.2) is 162 Å². The average Bonchev–Trinajstić information content (AvgIpc) is 3.51. The van der Waals surface area contributed by atoms with Crippen LogP contribution in [0.2, 0.25) is 0 Å². The predicted octanol–water partition coefficient (Wildman–Crippen LogP) is 1.21. The molecule has 2 atom stereocenters. The molecule has 4 aliphatic rings. The number of halogens is 2. The third-order valence-corrected chi connectivity index (χ3v) is 14.2. The molecule has 2 unspecified atom stereocenters. The van der Waals surface area contributed by atoms with Crippen LogP contribution in [0.4, 0.5) is 21.8 Å². The van der Waals surface area contributed by atoms with Gasteiger partial charge in [0.05, 0.1) is 38.6 Å². The lowest BCUT2D eigenvalue weighted by molar-refractivity contribution is -0.129. The fraction of sp³-hybridized carbons (Fsp3) is 0.488. The summed E-state index contributed by atoms with van der Waals surface area (Å²) in [6, 6.07) is 7.93. The number of aliphatic hydroxyl groups excluding tert-OH is 1. The number of nitrogens with zero attached hydrogens (tertiary/aromatic N) is 6. The second-order valence-electron chi connectivity index (χ2n) is 15.9. The molecular weight excluding hydrogens is 921 g/mol. The first kappa shape index (κ1) is 46.7. The van der Waals surface area contributed by atoms with Gasteiger partial charge in [-0.1, -0.05) is 12.1 Å². The Hall–Kier alpha value is -5.33. The monoisotopic (exact) mass is 971 g/mol. The van der Waals surface area contributed by atoms with Crippen LogP contribution >= 0.6 is 15.9 Å². The van der Waals surface area contributed by atoms with Gasteiger partial charge in [-0.2, -0.15) is 4.98 Å². The molecule has 344 valence electrons. The zero-order valence-electron chi connectivity index (χ0n) is 34.9. The number of carbonyl (C=O) groups excluding carboxylic acids is 5. The smallest absolute Gasteiger partial charge is 0.265 e. The molecule has 0 radical (unpaired) electrons. The second kappa shape index (κ2) is 20.7. The van der Waals surface area contributed by atoms with E-state index in [0.717, 1.165) is 37.1 Å². The van der Waals surface area contributed by atoms with Crippen LogP contribution in [0, 0.1) is 5.82 Å². The average molecular weight is 973 g/mol. The minimum Gasteiger partial charge on any atom is -0.491 e. The molecule has 64 heavy (non-hydrogen) atoms. The number of ether oxygens (including phenoxy) is 1. The Kier molecular flexibility index (Phi) is 15.1. The zero-order valence-corrected chi connectivity index (χ0v) is 37.3. The Morgan fingerprint density at radius 3 is 2.42 bits per heavy atom. The summed E-state index contributed by atoms with van der Waals surface area (Å²) in [6.45, 7) is 5.28. The number of piperidine rings is 2. The van der Waals surface area contributed by atoms with Crippen molar-refractivity contribution < 1.29 is 46.6 Å². The van der Waals surface area contributed by atoms with Crippen molar-refractivity contribution >= 4 is 72.9 Å². The number of nitrogens with one attached hydrogen (secondary N) is 4. The third kappa shape index (κ3) is 11.1. The Labute approximate surface area is 377 Å². The highest BCUT2D eigenvalue weighted by Gasteiger charge is 2.46. The zero-order chi connectivity index (χ0) is 45.5. The van der Waals surface area contributed by atoms with Gasteiger partial charge < -0.3 is 41.7 Å². The lowest BCUT2D eigenvalue weighted by atomic mass is 10.0. The Morgan fingerprint density at radius 1 is 0.984 bits per heavy atom. The number of imide groups is 1. The fourth-order valence-electron chi connectivity index (χ4n) is 8.25. The number of hydrogen-bond acceptors (Lipinski definition) is 15. The van der Waals surface area contributed by atoms with Crippen molar-refractivity contribution in [2.75, 3.05) is 81.9 Å². The maximum absolute atomic E-state index is 14.3. The molecule has 3 aromatic rings. The van der Waals surface area contributed by atoms with Crippen molar-refractivity contribution in [1.82, 2.24) is 39.6 Å². The molecule has 5 amide bonds. The van der Waals surface area contributed by atoms with Crippen LogP contribution in [0.3, 0.4) is 0 Å². The van der Waals surface area contributed by atoms with E-state index in [9.17, 15) is 41.9 Å². The number of anilines is 3. The van der Waals surface area contributed by atoms with E-state index in [1.807, 2.05) is 0 Å². The molecule has 3 saturated heterocycles. The molecule has 0 spiro atoms. The van der Waals surface area contributed by atoms with E-state index in [1.54, 1.807) is 18.2 Å². The van der Waals surface area contributed by atoms with E-state index >= 15 is 0 Å². The summed E-state index contributed by atoms with van der Waals surface area (Å²) in [5.41, 5.74) is 5.57. The third-order valence-electron chi connectivity index (χ3n) is 11.7. The van der Waals surface area contributed by atoms with Gasteiger partial charge in [0.1, 0.15) is 30.2 Å². The van der Waals surface area contributed by atoms with E-state index in [-0.39, 0.29) is 103 Å². The summed E-state index contributed by atoms with van der Waals surface area (Å²) in [7, 11) is -3.62. The number of fused-ring (bicyclic) bond motifs is 1. The molecule has 1 aromatic heterocycles. The summed E-state index contributed by atoms with van der Waals surface area (Å²) in [4.78, 5) is 76.9. The van der Waals surface area contributed by atoms with E-state index in [0.29, 0.717) is 42.6 Å². The molecule has 5 heterocycles. The van der Waals surface area contributed by atoms with Crippen molar-refractivity contribution in [3.05, 3.63) is 69.6 Å². The van der Waals surface area contributed by atoms with Crippen LogP contribution < -0.4 is 31.7 Å². The van der Waals surface area contributed by atoms with Gasteiger partial charge in [0.25, 0.3) is 17.7 Å². The van der Waals surface area contributed by atoms with Crippen molar-refractivity contribution in [3.8, 4) is 5.75 Å². The highest BCUT2D eigenvalue weighted by Crippen LogP contribution is 2.34. The Balaban J connectivity index is 0.760. The lowest BCUT2D eigenvalue weighted by Gasteiger charge is -2.34. The van der Waals surface area contributed by atoms with Gasteiger partial charge in [-0.05, 0) is 72.4 Å². The molecule has 7 rings (SSSR count). The Morgan fingerprint density at radius 2 is 1.70 bits per heavy atom. The van der Waals surface area contributed by atoms with Crippen LogP contribution in [0.1, 0.15) is 69.6 Å². The van der Waals surface area contributed by atoms with Crippen LogP contribution in [-0.2, 0) is 19.6 Å². The minimum atomic E-state index is -3.62. The number of nitrogens with two attached hydrogens (primary N) is 1. The molecule has 0 aliphatic carbocycles. The molecule has 20 nitrogen and oxygen atoms in total. The van der Waals surface area contributed by atoms with Crippen molar-refractivity contribution in [1.29, 1.82) is 0 Å². The number of hydrogen-bond donors (Lipinski definition) is 6. The molecule has 7 N–H and O–H groups in total. The molecule has 2 aromatic carbocycles. The van der Waals surface area contributed by atoms with Crippen molar-refractivity contribution in [3.63, 3.8) is 0 Å². The molecule has 23 heteroatoms. The van der Waals surface area contributed by atoms with E-state index in [1.165, 1.54) is 22.6 Å². The Bertz CT molecular complexity index is 2360. The van der Waals surface area contributed by atoms with Gasteiger partial charge in [0, 0.05) is 77.4 Å². The lowest BCUT2D eigenvalue weighted by Crippen LogP contribution is -2.57. The molecule has 0 bridgehead atoms. The highest BCUT2D eigenvalue weighted by atomic mass is 79.9. The van der Waals surface area contributed by atoms with Crippen molar-refractivity contribution in [2.24, 2.45) is 5.73 Å². The van der Waals surface area contributed by atoms with Gasteiger partial charge in [-0.3, -0.25) is 33.8 Å². The summed E-state index contributed by atoms with van der Waals surface area (Å²) in [5.74, 6) is -2.73. The van der Waals surface area contributed by atoms with E-state index in [4.69, 9.17) is 10.5 Å². The van der Waals surface area contributed by atoms with Gasteiger partial charge in [-0.15, -0.1) is 0 Å². The number of aliphatic hydroxyl groups is 1. The summed E-state index contributed by atoms with van der Waals surface area (Å²) < 4.78 is 48.4. The van der Waals surface area contributed by atoms with Gasteiger partial charge >= 0.3 is 0 Å². The topological polar surface area (TPSA) is 262 Å². The fourth-order valence-corrected chi connectivity index (χ4v) is 9.92. The summed E-state index contributed by atoms with van der Waals surface area (Å²) >= 11 is 3.36. The normalized spacial score (nSPS) is 20.2. The van der Waals surface area contributed by atoms with Crippen LogP contribution in [0.5, 0.6) is 5.75 Å². The number of sulfonamides is 1. The summed E-state index contributed by atoms with van der Waals surface area (Å²) in [6.07, 6.45) is 2.29. The number of aromatic nitrogens is 2. The second-order valence-corrected chi connectivity index (χ2v) is 18.9. The first-order valence-electron chi connectivity index (χ1n) is 21.1. The predicted molar refractivity (Wildman–Crippen MR) is 235 cm³/mol. The van der Waals surface area contributed by atoms with E-state index < -0.39 is 45.8 Å². The quantitative estimate of drug-likeness (QED) is 0.0980. The maximum Gasteiger partial charge on any atom is 0.265 e. The van der Waals surface area contributed by atoms with Crippen LogP contribution in [0.25, 0.3) is 0 Å². The molecule has 0 saturated carbocycles. The molecule has 4 aliphatic heterocycles. The molecular formula is C41H51BrFN11O9S. The van der Waals surface area contributed by atoms with E-state index in [2.05, 4.69) is 57.0 Å². The SMILES string of the molecule is NC(=O)c1c(F)cccc1Nc1nc(NC2CCN(S(=O)(=O)CCNC(=O)CCCN3CCN(CCOc4cccc5c4C(=O)N(C4CCC(=O)NC4O)C5=O)CC3)CC2)ncc1Br. The number of rotatable bonds is 18. The van der Waals surface area contributed by atoms with Gasteiger partial charge in [-0.25, -0.2) is 22.1 Å². The van der Waals surface area contributed by atoms with Crippen molar-refractivity contribution in [2.45, 2.75) is 56.8 Å². The first-order valence-corrected chi connectivity index (χ1v) is 23.5. The number of benzene rings is 2. The largest absolute Gasteiger partial charge is 0.491 e. The standard InChI is InChI=1S/C41H51BrFN11O9S/c42-27-24-46-41(50-37(27)48-29-6-2-5-28(43)35(29)36(44)57)47-25-11-15-53(16-12-25)64(61,62)23-13-45-32(55)8-3-14-51-17-19-52(20-18-51)21-22-63-31-7-1-4-26-34(31)40(60)54(39(26)59)30-9-10-33(56)49-38(30)58/h1-2,4-7,24-25,30,38,58H,3,8-23H2,(H2,44,57)(H,45,55)(H,49,56)(H2,46,47,48,50). The summed E-state index contributed by atoms with van der Waals surface area (Å²) in [5, 5.41) is 21.6. The van der Waals surface area contributed by atoms with Gasteiger partial charge in [0.15, 0.2) is 0 Å². The van der Waals surface area contributed by atoms with Gasteiger partial charge in [0.2, 0.25) is 27.8 Å². The number of primary amides is 1. The minimum absolute atomic E-state index is 0.00316. The van der Waals surface area contributed by atoms with Crippen LogP contribution in [0.15, 0.2) is 47.1 Å². The number of amides is 5.